The van der Waals surface area contributed by atoms with Crippen molar-refractivity contribution in [1.29, 1.82) is 0 Å². The third-order valence-corrected chi connectivity index (χ3v) is 4.40. The number of carbonyl (C=O) groups excluding carboxylic acids is 3. The molecule has 0 atom stereocenters. The molecular formula is C20H21ClN2O4. The number of amides is 3. The summed E-state index contributed by atoms with van der Waals surface area (Å²) in [5.41, 5.74) is 3.36. The molecule has 27 heavy (non-hydrogen) atoms. The number of benzene rings is 2. The zero-order chi connectivity index (χ0) is 19.8. The molecule has 0 aromatic heterocycles. The van der Waals surface area contributed by atoms with Gasteiger partial charge in [0.1, 0.15) is 0 Å². The number of hydrogen-bond acceptors (Lipinski definition) is 4. The standard InChI is InChI=1S/C20H21ClN2O4/c1-13-6-5-9-17(14(13)2)22-20(26)23-18(24)12-27-19(25)11-10-15-7-3-4-8-16(15)21/h3-9H,10-12H2,1-2H3,(H2,22,23,24,26). The van der Waals surface area contributed by atoms with Crippen molar-refractivity contribution in [1.82, 2.24) is 5.32 Å². The maximum atomic E-state index is 11.9. The summed E-state index contributed by atoms with van der Waals surface area (Å²) in [5, 5.41) is 5.30. The van der Waals surface area contributed by atoms with Crippen LogP contribution < -0.4 is 10.6 Å². The number of rotatable bonds is 6. The first-order valence-corrected chi connectivity index (χ1v) is 8.80. The molecule has 0 unspecified atom stereocenters. The van der Waals surface area contributed by atoms with Crippen molar-refractivity contribution in [3.63, 3.8) is 0 Å². The van der Waals surface area contributed by atoms with Gasteiger partial charge in [-0.1, -0.05) is 41.9 Å². The van der Waals surface area contributed by atoms with E-state index in [1.165, 1.54) is 0 Å². The van der Waals surface area contributed by atoms with E-state index in [0.717, 1.165) is 16.7 Å². The summed E-state index contributed by atoms with van der Waals surface area (Å²) >= 11 is 6.02. The summed E-state index contributed by atoms with van der Waals surface area (Å²) < 4.78 is 4.89. The third kappa shape index (κ3) is 6.42. The minimum atomic E-state index is -0.705. The minimum Gasteiger partial charge on any atom is -0.456 e. The summed E-state index contributed by atoms with van der Waals surface area (Å²) in [5.74, 6) is -1.25. The average molecular weight is 389 g/mol. The molecule has 2 aromatic carbocycles. The molecule has 2 N–H and O–H groups in total. The molecular weight excluding hydrogens is 368 g/mol. The number of carbonyl (C=O) groups is 3. The lowest BCUT2D eigenvalue weighted by atomic mass is 10.1. The summed E-state index contributed by atoms with van der Waals surface area (Å²) in [6, 6.07) is 12.0. The van der Waals surface area contributed by atoms with Crippen LogP contribution in [0.15, 0.2) is 42.5 Å². The highest BCUT2D eigenvalue weighted by atomic mass is 35.5. The molecule has 0 bridgehead atoms. The number of urea groups is 1. The Balaban J connectivity index is 1.73. The van der Waals surface area contributed by atoms with Gasteiger partial charge in [-0.3, -0.25) is 14.9 Å². The van der Waals surface area contributed by atoms with E-state index in [1.807, 2.05) is 32.0 Å². The minimum absolute atomic E-state index is 0.0890. The van der Waals surface area contributed by atoms with Crippen LogP contribution in [0.1, 0.15) is 23.1 Å². The number of nitrogens with one attached hydrogen (secondary N) is 2. The van der Waals surface area contributed by atoms with Gasteiger partial charge in [-0.15, -0.1) is 0 Å². The van der Waals surface area contributed by atoms with Crippen molar-refractivity contribution >= 4 is 35.2 Å². The summed E-state index contributed by atoms with van der Waals surface area (Å²) in [6.07, 6.45) is 0.499. The van der Waals surface area contributed by atoms with Crippen LogP contribution in [0.25, 0.3) is 0 Å². The molecule has 0 heterocycles. The van der Waals surface area contributed by atoms with E-state index in [4.69, 9.17) is 16.3 Å². The number of anilines is 1. The van der Waals surface area contributed by atoms with E-state index in [9.17, 15) is 14.4 Å². The molecule has 0 spiro atoms. The maximum absolute atomic E-state index is 11.9. The van der Waals surface area contributed by atoms with Gasteiger partial charge in [0.25, 0.3) is 5.91 Å². The van der Waals surface area contributed by atoms with Crippen molar-refractivity contribution in [2.24, 2.45) is 0 Å². The molecule has 2 aromatic rings. The number of hydrogen-bond donors (Lipinski definition) is 2. The second kappa shape index (κ2) is 9.73. The number of ether oxygens (including phenoxy) is 1. The predicted molar refractivity (Wildman–Crippen MR) is 104 cm³/mol. The third-order valence-electron chi connectivity index (χ3n) is 4.03. The van der Waals surface area contributed by atoms with Gasteiger partial charge in [0.05, 0.1) is 0 Å². The van der Waals surface area contributed by atoms with Crippen LogP contribution in [0.2, 0.25) is 5.02 Å². The fourth-order valence-electron chi connectivity index (χ4n) is 2.36. The van der Waals surface area contributed by atoms with E-state index >= 15 is 0 Å². The molecule has 0 radical (unpaired) electrons. The van der Waals surface area contributed by atoms with E-state index in [-0.39, 0.29) is 6.42 Å². The summed E-state index contributed by atoms with van der Waals surface area (Å²) in [4.78, 5) is 35.4. The highest BCUT2D eigenvalue weighted by Gasteiger charge is 2.13. The van der Waals surface area contributed by atoms with E-state index in [2.05, 4.69) is 10.6 Å². The van der Waals surface area contributed by atoms with Crippen LogP contribution >= 0.6 is 11.6 Å². The monoisotopic (exact) mass is 388 g/mol. The Bertz CT molecular complexity index is 852. The first kappa shape index (κ1) is 20.5. The quantitative estimate of drug-likeness (QED) is 0.737. The fourth-order valence-corrected chi connectivity index (χ4v) is 2.59. The van der Waals surface area contributed by atoms with Crippen molar-refractivity contribution in [3.8, 4) is 0 Å². The van der Waals surface area contributed by atoms with Crippen LogP contribution in [0.3, 0.4) is 0 Å². The van der Waals surface area contributed by atoms with Crippen molar-refractivity contribution < 1.29 is 19.1 Å². The number of imide groups is 1. The average Bonchev–Trinajstić information content (AvgIpc) is 2.63. The first-order valence-electron chi connectivity index (χ1n) is 8.43. The van der Waals surface area contributed by atoms with Gasteiger partial charge in [0, 0.05) is 17.1 Å². The Labute approximate surface area is 162 Å². The van der Waals surface area contributed by atoms with Crippen molar-refractivity contribution in [3.05, 3.63) is 64.2 Å². The normalized spacial score (nSPS) is 10.2. The summed E-state index contributed by atoms with van der Waals surface area (Å²) in [7, 11) is 0. The van der Waals surface area contributed by atoms with Gasteiger partial charge in [0.2, 0.25) is 0 Å². The molecule has 0 fully saturated rings. The Morgan fingerprint density at radius 1 is 1.04 bits per heavy atom. The van der Waals surface area contributed by atoms with E-state index < -0.39 is 24.5 Å². The molecule has 0 aliphatic rings. The molecule has 2 rings (SSSR count). The van der Waals surface area contributed by atoms with E-state index in [1.54, 1.807) is 24.3 Å². The Morgan fingerprint density at radius 2 is 1.78 bits per heavy atom. The zero-order valence-electron chi connectivity index (χ0n) is 15.2. The van der Waals surface area contributed by atoms with Crippen LogP contribution in [0.5, 0.6) is 0 Å². The fraction of sp³-hybridized carbons (Fsp3) is 0.250. The number of aryl methyl sites for hydroxylation is 2. The van der Waals surface area contributed by atoms with E-state index in [0.29, 0.717) is 17.1 Å². The lowest BCUT2D eigenvalue weighted by molar-refractivity contribution is -0.148. The van der Waals surface area contributed by atoms with Crippen LogP contribution in [-0.2, 0) is 20.7 Å². The Hall–Kier alpha value is -2.86. The molecule has 0 aliphatic carbocycles. The molecule has 0 saturated carbocycles. The van der Waals surface area contributed by atoms with Crippen LogP contribution in [0.4, 0.5) is 10.5 Å². The van der Waals surface area contributed by atoms with Gasteiger partial charge < -0.3 is 10.1 Å². The van der Waals surface area contributed by atoms with Crippen molar-refractivity contribution in [2.45, 2.75) is 26.7 Å². The maximum Gasteiger partial charge on any atom is 0.325 e. The van der Waals surface area contributed by atoms with Gasteiger partial charge in [-0.05, 0) is 49.1 Å². The SMILES string of the molecule is Cc1cccc(NC(=O)NC(=O)COC(=O)CCc2ccccc2Cl)c1C. The highest BCUT2D eigenvalue weighted by Crippen LogP contribution is 2.18. The second-order valence-electron chi connectivity index (χ2n) is 6.00. The second-order valence-corrected chi connectivity index (χ2v) is 6.41. The molecule has 3 amide bonds. The molecule has 0 aliphatic heterocycles. The largest absolute Gasteiger partial charge is 0.456 e. The van der Waals surface area contributed by atoms with Gasteiger partial charge in [-0.25, -0.2) is 4.79 Å². The van der Waals surface area contributed by atoms with Gasteiger partial charge >= 0.3 is 12.0 Å². The van der Waals surface area contributed by atoms with Gasteiger partial charge in [-0.2, -0.15) is 0 Å². The van der Waals surface area contributed by atoms with Gasteiger partial charge in [0.15, 0.2) is 6.61 Å². The van der Waals surface area contributed by atoms with Crippen molar-refractivity contribution in [2.75, 3.05) is 11.9 Å². The Morgan fingerprint density at radius 3 is 2.52 bits per heavy atom. The molecule has 0 saturated heterocycles. The topological polar surface area (TPSA) is 84.5 Å². The van der Waals surface area contributed by atoms with Crippen LogP contribution in [-0.4, -0.2) is 24.5 Å². The first-order chi connectivity index (χ1) is 12.9. The lowest BCUT2D eigenvalue weighted by Gasteiger charge is -2.11. The van der Waals surface area contributed by atoms with Crippen LogP contribution in [0, 0.1) is 13.8 Å². The molecule has 142 valence electrons. The molecule has 7 heteroatoms. The smallest absolute Gasteiger partial charge is 0.325 e. The Kier molecular flexibility index (Phi) is 7.37. The highest BCUT2D eigenvalue weighted by molar-refractivity contribution is 6.31. The summed E-state index contributed by atoms with van der Waals surface area (Å²) in [6.45, 7) is 3.26. The number of halogens is 1. The predicted octanol–water partition coefficient (Wildman–Crippen LogP) is 3.78. The number of esters is 1. The molecule has 6 nitrogen and oxygen atoms in total. The lowest BCUT2D eigenvalue weighted by Crippen LogP contribution is -2.37. The zero-order valence-corrected chi connectivity index (χ0v) is 15.9.